The van der Waals surface area contributed by atoms with Gasteiger partial charge in [-0.2, -0.15) is 10.1 Å². The van der Waals surface area contributed by atoms with Crippen LogP contribution in [0.1, 0.15) is 34.8 Å². The van der Waals surface area contributed by atoms with E-state index in [0.29, 0.717) is 50.8 Å². The summed E-state index contributed by atoms with van der Waals surface area (Å²) in [5.41, 5.74) is 0.948. The number of hydrogen-bond acceptors (Lipinski definition) is 7. The Labute approximate surface area is 160 Å². The summed E-state index contributed by atoms with van der Waals surface area (Å²) in [4.78, 5) is 20.0. The first-order chi connectivity index (χ1) is 13.2. The molecule has 1 saturated heterocycles. The summed E-state index contributed by atoms with van der Waals surface area (Å²) in [5, 5.41) is 10.4. The molecule has 27 heavy (non-hydrogen) atoms. The largest absolute Gasteiger partial charge is 0.365 e. The van der Waals surface area contributed by atoms with Gasteiger partial charge in [0.25, 0.3) is 5.89 Å². The molecule has 8 nitrogen and oxygen atoms in total. The van der Waals surface area contributed by atoms with E-state index in [1.807, 2.05) is 36.7 Å². The third-order valence-electron chi connectivity index (χ3n) is 4.42. The third kappa shape index (κ3) is 4.42. The van der Waals surface area contributed by atoms with Gasteiger partial charge >= 0.3 is 0 Å². The molecular weight excluding hydrogens is 366 g/mol. The highest BCUT2D eigenvalue weighted by Crippen LogP contribution is 2.22. The van der Waals surface area contributed by atoms with Gasteiger partial charge in [-0.3, -0.25) is 9.48 Å². The van der Waals surface area contributed by atoms with Crippen molar-refractivity contribution in [2.75, 3.05) is 19.7 Å². The van der Waals surface area contributed by atoms with Crippen molar-refractivity contribution in [3.05, 3.63) is 52.1 Å². The molecule has 0 N–H and O–H groups in total. The van der Waals surface area contributed by atoms with Crippen LogP contribution in [0.4, 0.5) is 0 Å². The number of carbonyl (C=O) groups is 1. The summed E-state index contributed by atoms with van der Waals surface area (Å²) < 4.78 is 12.9. The number of carbonyl (C=O) groups excluding carboxylic acids is 1. The predicted octanol–water partition coefficient (Wildman–Crippen LogP) is 2.22. The molecule has 1 amide bonds. The van der Waals surface area contributed by atoms with Crippen molar-refractivity contribution in [2.45, 2.75) is 32.4 Å². The van der Waals surface area contributed by atoms with E-state index in [9.17, 15) is 4.79 Å². The first kappa shape index (κ1) is 17.9. The van der Waals surface area contributed by atoms with E-state index < -0.39 is 0 Å². The van der Waals surface area contributed by atoms with Crippen LogP contribution < -0.4 is 0 Å². The van der Waals surface area contributed by atoms with E-state index in [1.54, 1.807) is 20.9 Å². The van der Waals surface area contributed by atoms with Crippen molar-refractivity contribution >= 4 is 17.2 Å². The van der Waals surface area contributed by atoms with Gasteiger partial charge in [0.2, 0.25) is 5.91 Å². The van der Waals surface area contributed by atoms with Gasteiger partial charge in [0.05, 0.1) is 18.8 Å². The summed E-state index contributed by atoms with van der Waals surface area (Å²) in [6.07, 6.45) is 2.55. The van der Waals surface area contributed by atoms with E-state index >= 15 is 0 Å². The van der Waals surface area contributed by atoms with Gasteiger partial charge in [-0.1, -0.05) is 11.2 Å². The molecule has 0 aliphatic carbocycles. The molecule has 0 aromatic carbocycles. The zero-order valence-electron chi connectivity index (χ0n) is 15.1. The molecule has 3 aromatic rings. The topological polar surface area (TPSA) is 86.3 Å². The smallest absolute Gasteiger partial charge is 0.257 e. The molecule has 0 saturated carbocycles. The number of ether oxygens (including phenoxy) is 1. The number of rotatable bonds is 6. The number of aryl methyl sites for hydroxylation is 2. The Hall–Kier alpha value is -2.52. The lowest BCUT2D eigenvalue weighted by Gasteiger charge is -2.31. The third-order valence-corrected chi connectivity index (χ3v) is 5.30. The van der Waals surface area contributed by atoms with E-state index in [2.05, 4.69) is 15.2 Å². The number of aromatic nitrogens is 4. The Kier molecular flexibility index (Phi) is 5.30. The van der Waals surface area contributed by atoms with Crippen molar-refractivity contribution in [2.24, 2.45) is 0 Å². The molecule has 0 bridgehead atoms. The second-order valence-electron chi connectivity index (χ2n) is 6.47. The number of nitrogens with zero attached hydrogens (tertiary/aromatic N) is 5. The van der Waals surface area contributed by atoms with Crippen molar-refractivity contribution in [3.63, 3.8) is 0 Å². The summed E-state index contributed by atoms with van der Waals surface area (Å²) in [7, 11) is 0. The van der Waals surface area contributed by atoms with Crippen LogP contribution >= 0.6 is 11.3 Å². The molecule has 1 aliphatic heterocycles. The molecule has 1 aliphatic rings. The fraction of sp³-hybridized carbons (Fsp3) is 0.444. The highest BCUT2D eigenvalue weighted by molar-refractivity contribution is 7.09. The van der Waals surface area contributed by atoms with Crippen molar-refractivity contribution in [1.82, 2.24) is 24.8 Å². The second kappa shape index (κ2) is 8.01. The van der Waals surface area contributed by atoms with E-state index in [-0.39, 0.29) is 12.0 Å². The normalized spacial score (nSPS) is 17.4. The average molecular weight is 387 g/mol. The molecule has 0 radical (unpaired) electrons. The summed E-state index contributed by atoms with van der Waals surface area (Å²) in [6, 6.07) is 5.97. The van der Waals surface area contributed by atoms with Crippen molar-refractivity contribution in [3.8, 4) is 0 Å². The summed E-state index contributed by atoms with van der Waals surface area (Å²) in [5.74, 6) is 1.14. The molecule has 142 valence electrons. The number of amides is 1. The highest BCUT2D eigenvalue weighted by Gasteiger charge is 2.29. The molecule has 0 spiro atoms. The van der Waals surface area contributed by atoms with Gasteiger partial charge in [0.15, 0.2) is 11.9 Å². The minimum Gasteiger partial charge on any atom is -0.365 e. The second-order valence-corrected chi connectivity index (χ2v) is 7.51. The van der Waals surface area contributed by atoms with Gasteiger partial charge in [-0.15, -0.1) is 11.3 Å². The number of thiophene rings is 1. The van der Waals surface area contributed by atoms with Gasteiger partial charge < -0.3 is 14.2 Å². The molecular formula is C18H21N5O3S. The first-order valence-electron chi connectivity index (χ1n) is 8.91. The monoisotopic (exact) mass is 387 g/mol. The molecule has 9 heteroatoms. The number of morpholine rings is 1. The van der Waals surface area contributed by atoms with Crippen LogP contribution in [0.3, 0.4) is 0 Å². The van der Waals surface area contributed by atoms with E-state index in [4.69, 9.17) is 9.26 Å². The number of hydrogen-bond donors (Lipinski definition) is 0. The van der Waals surface area contributed by atoms with Gasteiger partial charge in [0, 0.05) is 37.0 Å². The summed E-state index contributed by atoms with van der Waals surface area (Å²) in [6.45, 7) is 3.96. The zero-order valence-corrected chi connectivity index (χ0v) is 15.9. The molecule has 3 aromatic heterocycles. The Bertz CT molecular complexity index is 889. The summed E-state index contributed by atoms with van der Waals surface area (Å²) >= 11 is 1.66. The molecule has 4 heterocycles. The SMILES string of the molecule is Cc1ccn(CCC(=O)N2CCOC(c3nc(Cc4cccs4)no3)C2)n1. The molecule has 1 fully saturated rings. The minimum absolute atomic E-state index is 0.0785. The maximum atomic E-state index is 12.5. The zero-order chi connectivity index (χ0) is 18.6. The van der Waals surface area contributed by atoms with E-state index in [0.717, 1.165) is 5.69 Å². The Balaban J connectivity index is 1.33. The standard InChI is InChI=1S/C18H21N5O3S/c1-13-4-6-23(20-13)7-5-17(24)22-8-9-25-15(12-22)18-19-16(21-26-18)11-14-3-2-10-27-14/h2-4,6,10,15H,5,7-9,11-12H2,1H3. The fourth-order valence-corrected chi connectivity index (χ4v) is 3.72. The van der Waals surface area contributed by atoms with E-state index in [1.165, 1.54) is 4.88 Å². The highest BCUT2D eigenvalue weighted by atomic mass is 32.1. The predicted molar refractivity (Wildman–Crippen MR) is 98.3 cm³/mol. The lowest BCUT2D eigenvalue weighted by molar-refractivity contribution is -0.140. The van der Waals surface area contributed by atoms with Crippen LogP contribution in [0.5, 0.6) is 0 Å². The molecule has 4 rings (SSSR count). The molecule has 1 atom stereocenters. The van der Waals surface area contributed by atoms with Crippen LogP contribution in [-0.2, 0) is 22.5 Å². The molecule has 1 unspecified atom stereocenters. The Morgan fingerprint density at radius 2 is 2.33 bits per heavy atom. The van der Waals surface area contributed by atoms with Crippen LogP contribution in [0, 0.1) is 6.92 Å². The lowest BCUT2D eigenvalue weighted by atomic mass is 10.2. The Morgan fingerprint density at radius 3 is 3.11 bits per heavy atom. The van der Waals surface area contributed by atoms with Gasteiger partial charge in [0.1, 0.15) is 0 Å². The quantitative estimate of drug-likeness (QED) is 0.645. The maximum Gasteiger partial charge on any atom is 0.257 e. The van der Waals surface area contributed by atoms with Gasteiger partial charge in [-0.25, -0.2) is 0 Å². The first-order valence-corrected chi connectivity index (χ1v) is 9.79. The minimum atomic E-state index is -0.376. The van der Waals surface area contributed by atoms with Crippen molar-refractivity contribution in [1.29, 1.82) is 0 Å². The van der Waals surface area contributed by atoms with Crippen LogP contribution in [0.2, 0.25) is 0 Å². The van der Waals surface area contributed by atoms with Crippen LogP contribution in [-0.4, -0.2) is 50.4 Å². The lowest BCUT2D eigenvalue weighted by Crippen LogP contribution is -2.42. The fourth-order valence-electron chi connectivity index (χ4n) is 3.02. The van der Waals surface area contributed by atoms with Crippen LogP contribution in [0.15, 0.2) is 34.3 Å². The van der Waals surface area contributed by atoms with Crippen LogP contribution in [0.25, 0.3) is 0 Å². The Morgan fingerprint density at radius 1 is 1.41 bits per heavy atom. The van der Waals surface area contributed by atoms with Gasteiger partial charge in [-0.05, 0) is 24.4 Å². The maximum absolute atomic E-state index is 12.5. The van der Waals surface area contributed by atoms with Crippen molar-refractivity contribution < 1.29 is 14.1 Å². The average Bonchev–Trinajstić information content (AvgIpc) is 3.43.